The van der Waals surface area contributed by atoms with Crippen LogP contribution in [0.5, 0.6) is 5.75 Å². The van der Waals surface area contributed by atoms with Crippen molar-refractivity contribution in [3.05, 3.63) is 46.8 Å². The van der Waals surface area contributed by atoms with Gasteiger partial charge in [0.25, 0.3) is 5.91 Å². The first-order chi connectivity index (χ1) is 12.0. The van der Waals surface area contributed by atoms with Gasteiger partial charge in [-0.25, -0.2) is 0 Å². The summed E-state index contributed by atoms with van der Waals surface area (Å²) in [6.07, 6.45) is 3.23. The molecule has 10 heteroatoms. The molecule has 2 rings (SSSR count). The predicted molar refractivity (Wildman–Crippen MR) is 83.7 cm³/mol. The quantitative estimate of drug-likeness (QED) is 0.509. The maximum atomic E-state index is 11.9. The highest BCUT2D eigenvalue weighted by Gasteiger charge is 2.15. The Morgan fingerprint density at radius 1 is 1.32 bits per heavy atom. The molecule has 10 nitrogen and oxygen atoms in total. The second-order valence-corrected chi connectivity index (χ2v) is 5.03. The molecule has 0 atom stereocenters. The van der Waals surface area contributed by atoms with E-state index >= 15 is 0 Å². The van der Waals surface area contributed by atoms with E-state index in [4.69, 9.17) is 4.74 Å². The number of carbonyl (C=O) groups is 2. The van der Waals surface area contributed by atoms with Crippen molar-refractivity contribution in [3.8, 4) is 5.75 Å². The Labute approximate surface area is 142 Å². The normalized spacial score (nSPS) is 10.2. The number of ether oxygens (including phenoxy) is 1. The third kappa shape index (κ3) is 5.61. The minimum absolute atomic E-state index is 0.000579. The maximum Gasteiger partial charge on any atom is 0.310 e. The number of benzene rings is 1. The van der Waals surface area contributed by atoms with E-state index in [-0.39, 0.29) is 17.9 Å². The van der Waals surface area contributed by atoms with E-state index in [0.29, 0.717) is 18.7 Å². The van der Waals surface area contributed by atoms with Crippen molar-refractivity contribution in [3.63, 3.8) is 0 Å². The van der Waals surface area contributed by atoms with Gasteiger partial charge >= 0.3 is 5.69 Å². The first-order valence-electron chi connectivity index (χ1n) is 7.34. The Kier molecular flexibility index (Phi) is 6.04. The van der Waals surface area contributed by atoms with E-state index in [1.807, 2.05) is 0 Å². The molecule has 132 valence electrons. The third-order valence-corrected chi connectivity index (χ3v) is 3.11. The van der Waals surface area contributed by atoms with Crippen LogP contribution in [0, 0.1) is 10.1 Å². The summed E-state index contributed by atoms with van der Waals surface area (Å²) < 4.78 is 6.66. The number of carboxylic acids is 1. The highest BCUT2D eigenvalue weighted by Crippen LogP contribution is 2.25. The number of aryl methyl sites for hydroxylation is 1. The number of amides is 1. The van der Waals surface area contributed by atoms with Crippen LogP contribution in [-0.4, -0.2) is 33.2 Å². The van der Waals surface area contributed by atoms with Gasteiger partial charge in [0.15, 0.2) is 12.4 Å². The van der Waals surface area contributed by atoms with E-state index in [0.717, 1.165) is 0 Å². The molecule has 1 heterocycles. The molecule has 0 unspecified atom stereocenters. The van der Waals surface area contributed by atoms with Crippen LogP contribution in [0.15, 0.2) is 36.7 Å². The largest absolute Gasteiger partial charge is 0.550 e. The zero-order chi connectivity index (χ0) is 18.2. The van der Waals surface area contributed by atoms with Crippen molar-refractivity contribution in [2.24, 2.45) is 0 Å². The van der Waals surface area contributed by atoms with Crippen LogP contribution in [0.3, 0.4) is 0 Å². The highest BCUT2D eigenvalue weighted by atomic mass is 16.6. The number of nitro benzene ring substituents is 1. The number of nitro groups is 1. The monoisotopic (exact) mass is 347 g/mol. The van der Waals surface area contributed by atoms with Crippen molar-refractivity contribution in [1.29, 1.82) is 0 Å². The number of nitrogens with one attached hydrogen (secondary N) is 1. The van der Waals surface area contributed by atoms with Crippen LogP contribution in [0.2, 0.25) is 0 Å². The number of aromatic nitrogens is 2. The molecule has 1 amide bonds. The lowest BCUT2D eigenvalue weighted by molar-refractivity contribution is -0.385. The summed E-state index contributed by atoms with van der Waals surface area (Å²) in [5.74, 6) is -1.64. The molecule has 0 saturated carbocycles. The topological polar surface area (TPSA) is 139 Å². The fourth-order valence-electron chi connectivity index (χ4n) is 2.01. The van der Waals surface area contributed by atoms with Crippen LogP contribution in [0.1, 0.15) is 12.8 Å². The smallest absolute Gasteiger partial charge is 0.310 e. The van der Waals surface area contributed by atoms with Gasteiger partial charge in [0, 0.05) is 24.8 Å². The molecule has 0 aliphatic heterocycles. The van der Waals surface area contributed by atoms with Crippen LogP contribution >= 0.6 is 0 Å². The summed E-state index contributed by atoms with van der Waals surface area (Å²) in [5, 5.41) is 27.7. The third-order valence-electron chi connectivity index (χ3n) is 3.11. The molecule has 1 aromatic heterocycles. The molecule has 0 aliphatic rings. The lowest BCUT2D eigenvalue weighted by atomic mass is 10.3. The number of rotatable bonds is 9. The van der Waals surface area contributed by atoms with Gasteiger partial charge in [0.05, 0.1) is 16.8 Å². The van der Waals surface area contributed by atoms with Gasteiger partial charge in [-0.15, -0.1) is 0 Å². The Balaban J connectivity index is 1.84. The molecular weight excluding hydrogens is 332 g/mol. The lowest BCUT2D eigenvalue weighted by Crippen LogP contribution is -2.22. The first kappa shape index (κ1) is 17.9. The molecule has 25 heavy (non-hydrogen) atoms. The number of nitrogens with zero attached hydrogens (tertiary/aromatic N) is 3. The highest BCUT2D eigenvalue weighted by molar-refractivity contribution is 5.91. The molecule has 0 radical (unpaired) electrons. The SMILES string of the molecule is O=C([O-])CCCn1cc(NC(=O)COc2ccccc2[N+](=O)[O-])cn1. The van der Waals surface area contributed by atoms with Gasteiger partial charge < -0.3 is 20.0 Å². The molecule has 1 N–H and O–H groups in total. The number of aliphatic carboxylic acids is 1. The minimum atomic E-state index is -1.13. The van der Waals surface area contributed by atoms with E-state index in [9.17, 15) is 24.8 Å². The molecule has 0 saturated heterocycles. The Morgan fingerprint density at radius 2 is 2.08 bits per heavy atom. The summed E-state index contributed by atoms with van der Waals surface area (Å²) in [7, 11) is 0. The van der Waals surface area contributed by atoms with Crippen LogP contribution in [0.25, 0.3) is 0 Å². The van der Waals surface area contributed by atoms with Crippen molar-refractivity contribution in [1.82, 2.24) is 9.78 Å². The molecule has 1 aromatic carbocycles. The van der Waals surface area contributed by atoms with Gasteiger partial charge in [-0.3, -0.25) is 19.6 Å². The van der Waals surface area contributed by atoms with Crippen molar-refractivity contribution in [2.45, 2.75) is 19.4 Å². The molecule has 2 aromatic rings. The van der Waals surface area contributed by atoms with Crippen LogP contribution < -0.4 is 15.2 Å². The number of hydrogen-bond acceptors (Lipinski definition) is 7. The van der Waals surface area contributed by atoms with Crippen molar-refractivity contribution >= 4 is 23.3 Å². The van der Waals surface area contributed by atoms with Gasteiger partial charge in [0.1, 0.15) is 0 Å². The predicted octanol–water partition coefficient (Wildman–Crippen LogP) is 0.339. The average Bonchev–Trinajstić information content (AvgIpc) is 3.00. The summed E-state index contributed by atoms with van der Waals surface area (Å²) in [6, 6.07) is 5.75. The second-order valence-electron chi connectivity index (χ2n) is 5.03. The van der Waals surface area contributed by atoms with Crippen LogP contribution in [0.4, 0.5) is 11.4 Å². The average molecular weight is 347 g/mol. The standard InChI is InChI=1S/C15H16N4O6/c20-14(10-25-13-5-2-1-4-12(13)19(23)24)17-11-8-16-18(9-11)7-3-6-15(21)22/h1-2,4-5,8-9H,3,6-7,10H2,(H,17,20)(H,21,22)/p-1. The zero-order valence-corrected chi connectivity index (χ0v) is 13.1. The second kappa shape index (κ2) is 8.43. The summed E-state index contributed by atoms with van der Waals surface area (Å²) >= 11 is 0. The number of carboxylic acid groups (broad SMARTS) is 1. The first-order valence-corrected chi connectivity index (χ1v) is 7.34. The number of anilines is 1. The van der Waals surface area contributed by atoms with E-state index in [1.165, 1.54) is 35.3 Å². The van der Waals surface area contributed by atoms with Gasteiger partial charge in [-0.2, -0.15) is 5.10 Å². The molecule has 0 fully saturated rings. The summed E-state index contributed by atoms with van der Waals surface area (Å²) in [6.45, 7) is -0.0305. The van der Waals surface area contributed by atoms with Crippen molar-refractivity contribution < 1.29 is 24.4 Å². The molecule has 0 aliphatic carbocycles. The minimum Gasteiger partial charge on any atom is -0.550 e. The van der Waals surface area contributed by atoms with E-state index in [1.54, 1.807) is 6.07 Å². The van der Waals surface area contributed by atoms with Crippen molar-refractivity contribution in [2.75, 3.05) is 11.9 Å². The van der Waals surface area contributed by atoms with Crippen LogP contribution in [-0.2, 0) is 16.1 Å². The van der Waals surface area contributed by atoms with E-state index in [2.05, 4.69) is 10.4 Å². The number of carbonyl (C=O) groups excluding carboxylic acids is 2. The summed E-state index contributed by atoms with van der Waals surface area (Å²) in [4.78, 5) is 32.5. The summed E-state index contributed by atoms with van der Waals surface area (Å²) in [5.41, 5.74) is 0.181. The zero-order valence-electron chi connectivity index (χ0n) is 13.1. The fourth-order valence-corrected chi connectivity index (χ4v) is 2.01. The van der Waals surface area contributed by atoms with Gasteiger partial charge in [0.2, 0.25) is 0 Å². The lowest BCUT2D eigenvalue weighted by Gasteiger charge is -2.06. The molecular formula is C15H15N4O6-. The molecule has 0 bridgehead atoms. The number of hydrogen-bond donors (Lipinski definition) is 1. The Hall–Kier alpha value is -3.43. The molecule has 0 spiro atoms. The Bertz CT molecular complexity index is 773. The van der Waals surface area contributed by atoms with E-state index < -0.39 is 23.4 Å². The number of para-hydroxylation sites is 2. The Morgan fingerprint density at radius 3 is 2.80 bits per heavy atom. The maximum absolute atomic E-state index is 11.9. The van der Waals surface area contributed by atoms with Gasteiger partial charge in [-0.05, 0) is 18.9 Å². The fraction of sp³-hybridized carbons (Fsp3) is 0.267. The van der Waals surface area contributed by atoms with Gasteiger partial charge in [-0.1, -0.05) is 12.1 Å².